The quantitative estimate of drug-likeness (QED) is 0.791. The van der Waals surface area contributed by atoms with Gasteiger partial charge in [-0.1, -0.05) is 49.1 Å². The molecule has 0 aromatic heterocycles. The highest BCUT2D eigenvalue weighted by molar-refractivity contribution is 5.88. The molecule has 0 radical (unpaired) electrons. The Hall–Kier alpha value is -1.39. The van der Waals surface area contributed by atoms with Crippen LogP contribution >= 0.6 is 0 Å². The van der Waals surface area contributed by atoms with Crippen LogP contribution < -0.4 is 5.73 Å². The van der Waals surface area contributed by atoms with Crippen molar-refractivity contribution in [1.82, 2.24) is 4.90 Å². The van der Waals surface area contributed by atoms with Gasteiger partial charge in [0, 0.05) is 19.7 Å². The number of rotatable bonds is 6. The lowest BCUT2D eigenvalue weighted by atomic mass is 9.68. The summed E-state index contributed by atoms with van der Waals surface area (Å²) in [6.45, 7) is 5.17. The van der Waals surface area contributed by atoms with Crippen molar-refractivity contribution < 1.29 is 9.53 Å². The lowest BCUT2D eigenvalue weighted by molar-refractivity contribution is -0.141. The van der Waals surface area contributed by atoms with E-state index in [1.807, 2.05) is 0 Å². The molecule has 1 amide bonds. The Morgan fingerprint density at radius 1 is 1.23 bits per heavy atom. The second kappa shape index (κ2) is 9.01. The van der Waals surface area contributed by atoms with Crippen molar-refractivity contribution in [3.05, 3.63) is 35.4 Å². The maximum atomic E-state index is 13.6. The van der Waals surface area contributed by atoms with E-state index in [-0.39, 0.29) is 11.5 Å². The lowest BCUT2D eigenvalue weighted by Crippen LogP contribution is -2.51. The van der Waals surface area contributed by atoms with E-state index in [2.05, 4.69) is 36.1 Å². The summed E-state index contributed by atoms with van der Waals surface area (Å²) < 4.78 is 5.90. The van der Waals surface area contributed by atoms with Crippen molar-refractivity contribution in [3.8, 4) is 0 Å². The van der Waals surface area contributed by atoms with Crippen LogP contribution in [0.5, 0.6) is 0 Å². The lowest BCUT2D eigenvalue weighted by Gasteiger charge is -2.42. The molecule has 1 aliphatic carbocycles. The maximum Gasteiger partial charge on any atom is 0.233 e. The Bertz CT molecular complexity index is 588. The van der Waals surface area contributed by atoms with Crippen molar-refractivity contribution in [2.24, 2.45) is 5.73 Å². The average Bonchev–Trinajstić information content (AvgIpc) is 2.69. The molecule has 144 valence electrons. The topological polar surface area (TPSA) is 55.6 Å². The normalized spacial score (nSPS) is 20.9. The van der Waals surface area contributed by atoms with Gasteiger partial charge in [0.25, 0.3) is 0 Å². The van der Waals surface area contributed by atoms with Crippen LogP contribution in [0.1, 0.15) is 62.5 Å². The second-order valence-electron chi connectivity index (χ2n) is 8.02. The minimum absolute atomic E-state index is 0.284. The largest absolute Gasteiger partial charge is 0.378 e. The summed E-state index contributed by atoms with van der Waals surface area (Å²) in [5.41, 5.74) is 7.70. The minimum Gasteiger partial charge on any atom is -0.378 e. The number of piperidine rings is 1. The first-order chi connectivity index (χ1) is 12.7. The van der Waals surface area contributed by atoms with Crippen LogP contribution in [-0.4, -0.2) is 43.2 Å². The van der Waals surface area contributed by atoms with Gasteiger partial charge >= 0.3 is 0 Å². The van der Waals surface area contributed by atoms with Crippen LogP contribution in [0, 0.1) is 6.92 Å². The molecule has 1 saturated heterocycles. The number of nitrogens with zero attached hydrogens (tertiary/aromatic N) is 1. The van der Waals surface area contributed by atoms with Crippen molar-refractivity contribution >= 4 is 5.91 Å². The van der Waals surface area contributed by atoms with Gasteiger partial charge in [0.1, 0.15) is 0 Å². The van der Waals surface area contributed by atoms with Crippen LogP contribution in [0.3, 0.4) is 0 Å². The van der Waals surface area contributed by atoms with Crippen LogP contribution in [0.15, 0.2) is 24.3 Å². The van der Waals surface area contributed by atoms with Gasteiger partial charge < -0.3 is 15.4 Å². The number of benzene rings is 1. The van der Waals surface area contributed by atoms with E-state index in [1.54, 1.807) is 0 Å². The fraction of sp³-hybridized carbons (Fsp3) is 0.682. The molecule has 1 aliphatic heterocycles. The third-order valence-electron chi connectivity index (χ3n) is 6.12. The van der Waals surface area contributed by atoms with E-state index < -0.39 is 0 Å². The summed E-state index contributed by atoms with van der Waals surface area (Å²) in [4.78, 5) is 15.7. The number of likely N-dealkylation sites (tertiary alicyclic amines) is 1. The van der Waals surface area contributed by atoms with Crippen LogP contribution in [0.4, 0.5) is 0 Å². The number of carbonyl (C=O) groups is 1. The first-order valence-corrected chi connectivity index (χ1v) is 10.3. The standard InChI is InChI=1S/C22H34N2O2/c1-18-7-5-8-19(17-18)22(11-3-2-4-12-22)21(25)24-14-9-20(10-15-24)26-16-6-13-23/h5,7-8,17,20H,2-4,6,9-16,23H2,1H3. The van der Waals surface area contributed by atoms with E-state index in [0.29, 0.717) is 12.5 Å². The minimum atomic E-state index is -0.308. The predicted octanol–water partition coefficient (Wildman–Crippen LogP) is 3.55. The number of nitrogens with two attached hydrogens (primary N) is 1. The Morgan fingerprint density at radius 3 is 2.62 bits per heavy atom. The Balaban J connectivity index is 1.69. The molecule has 26 heavy (non-hydrogen) atoms. The van der Waals surface area contributed by atoms with E-state index in [1.165, 1.54) is 17.5 Å². The second-order valence-corrected chi connectivity index (χ2v) is 8.02. The molecule has 1 aromatic carbocycles. The highest BCUT2D eigenvalue weighted by Gasteiger charge is 2.44. The highest BCUT2D eigenvalue weighted by atomic mass is 16.5. The number of hydrogen-bond acceptors (Lipinski definition) is 3. The molecule has 3 rings (SSSR count). The molecule has 4 heteroatoms. The molecular weight excluding hydrogens is 324 g/mol. The first kappa shape index (κ1) is 19.4. The molecule has 1 saturated carbocycles. The van der Waals surface area contributed by atoms with E-state index in [4.69, 9.17) is 10.5 Å². The molecule has 2 aliphatic rings. The molecule has 2 fully saturated rings. The van der Waals surface area contributed by atoms with Gasteiger partial charge in [-0.05, 0) is 51.1 Å². The molecule has 0 atom stereocenters. The third-order valence-corrected chi connectivity index (χ3v) is 6.12. The first-order valence-electron chi connectivity index (χ1n) is 10.3. The summed E-state index contributed by atoms with van der Waals surface area (Å²) in [5.74, 6) is 0.350. The van der Waals surface area contributed by atoms with Gasteiger partial charge in [0.2, 0.25) is 5.91 Å². The molecule has 1 heterocycles. The van der Waals surface area contributed by atoms with E-state index in [9.17, 15) is 4.79 Å². The van der Waals surface area contributed by atoms with E-state index >= 15 is 0 Å². The SMILES string of the molecule is Cc1cccc(C2(C(=O)N3CCC(OCCCN)CC3)CCCCC2)c1. The fourth-order valence-corrected chi connectivity index (χ4v) is 4.59. The zero-order valence-corrected chi connectivity index (χ0v) is 16.2. The zero-order chi connectivity index (χ0) is 18.4. The van der Waals surface area contributed by atoms with Gasteiger partial charge in [-0.3, -0.25) is 4.79 Å². The van der Waals surface area contributed by atoms with Crippen molar-refractivity contribution in [2.75, 3.05) is 26.2 Å². The van der Waals surface area contributed by atoms with Crippen molar-refractivity contribution in [2.45, 2.75) is 69.8 Å². The average molecular weight is 359 g/mol. The maximum absolute atomic E-state index is 13.6. The smallest absolute Gasteiger partial charge is 0.233 e. The Labute approximate surface area is 158 Å². The molecule has 0 unspecified atom stereocenters. The Morgan fingerprint density at radius 2 is 1.96 bits per heavy atom. The van der Waals surface area contributed by atoms with Crippen LogP contribution in [0.25, 0.3) is 0 Å². The fourth-order valence-electron chi connectivity index (χ4n) is 4.59. The molecule has 1 aromatic rings. The van der Waals surface area contributed by atoms with Crippen molar-refractivity contribution in [3.63, 3.8) is 0 Å². The number of amides is 1. The summed E-state index contributed by atoms with van der Waals surface area (Å²) >= 11 is 0. The van der Waals surface area contributed by atoms with Crippen LogP contribution in [0.2, 0.25) is 0 Å². The third kappa shape index (κ3) is 4.29. The molecule has 0 spiro atoms. The summed E-state index contributed by atoms with van der Waals surface area (Å²) in [6.07, 6.45) is 8.61. The number of ether oxygens (including phenoxy) is 1. The van der Waals surface area contributed by atoms with E-state index in [0.717, 1.165) is 64.6 Å². The molecule has 4 nitrogen and oxygen atoms in total. The predicted molar refractivity (Wildman–Crippen MR) is 105 cm³/mol. The number of hydrogen-bond donors (Lipinski definition) is 1. The van der Waals surface area contributed by atoms with Gasteiger partial charge in [0.15, 0.2) is 0 Å². The number of carbonyl (C=O) groups excluding carboxylic acids is 1. The number of aryl methyl sites for hydroxylation is 1. The summed E-state index contributed by atoms with van der Waals surface area (Å²) in [6, 6.07) is 8.62. The Kier molecular flexibility index (Phi) is 6.71. The van der Waals surface area contributed by atoms with Gasteiger partial charge in [-0.2, -0.15) is 0 Å². The molecule has 0 bridgehead atoms. The summed E-state index contributed by atoms with van der Waals surface area (Å²) in [7, 11) is 0. The molecule has 2 N–H and O–H groups in total. The zero-order valence-electron chi connectivity index (χ0n) is 16.2. The van der Waals surface area contributed by atoms with Gasteiger partial charge in [0.05, 0.1) is 11.5 Å². The summed E-state index contributed by atoms with van der Waals surface area (Å²) in [5, 5.41) is 0. The van der Waals surface area contributed by atoms with Gasteiger partial charge in [-0.15, -0.1) is 0 Å². The van der Waals surface area contributed by atoms with Crippen LogP contribution in [-0.2, 0) is 14.9 Å². The highest BCUT2D eigenvalue weighted by Crippen LogP contribution is 2.41. The monoisotopic (exact) mass is 358 g/mol. The van der Waals surface area contributed by atoms with Crippen molar-refractivity contribution in [1.29, 1.82) is 0 Å². The molecular formula is C22H34N2O2. The van der Waals surface area contributed by atoms with Gasteiger partial charge in [-0.25, -0.2) is 0 Å².